The van der Waals surface area contributed by atoms with Crippen molar-refractivity contribution >= 4 is 28.8 Å². The van der Waals surface area contributed by atoms with Crippen molar-refractivity contribution in [3.05, 3.63) is 52.0 Å². The van der Waals surface area contributed by atoms with Gasteiger partial charge in [0.25, 0.3) is 0 Å². The van der Waals surface area contributed by atoms with Crippen LogP contribution in [0.2, 0.25) is 0 Å². The smallest absolute Gasteiger partial charge is 0.228 e. The average molecular weight is 402 g/mol. The van der Waals surface area contributed by atoms with Gasteiger partial charge >= 0.3 is 0 Å². The standard InChI is InChI=1S/C21H24FN3O2S/c1-15-4-5-17(12-19(15)22)25-13-16(11-20(25)26)21(27)24-8-6-23(7-9-24)14-18-3-2-10-28-18/h2-5,10,12,16H,6-9,11,13-14H2,1H3. The Morgan fingerprint density at radius 1 is 1.21 bits per heavy atom. The van der Waals surface area contributed by atoms with Crippen LogP contribution in [0.4, 0.5) is 10.1 Å². The van der Waals surface area contributed by atoms with Gasteiger partial charge in [0.15, 0.2) is 0 Å². The van der Waals surface area contributed by atoms with E-state index < -0.39 is 0 Å². The van der Waals surface area contributed by atoms with Crippen molar-refractivity contribution in [2.45, 2.75) is 19.9 Å². The molecule has 28 heavy (non-hydrogen) atoms. The summed E-state index contributed by atoms with van der Waals surface area (Å²) < 4.78 is 13.9. The highest BCUT2D eigenvalue weighted by molar-refractivity contribution is 7.09. The third-order valence-electron chi connectivity index (χ3n) is 5.58. The van der Waals surface area contributed by atoms with E-state index in [1.54, 1.807) is 30.4 Å². The molecule has 1 aromatic heterocycles. The molecule has 1 unspecified atom stereocenters. The summed E-state index contributed by atoms with van der Waals surface area (Å²) in [5.41, 5.74) is 1.08. The molecule has 148 valence electrons. The highest BCUT2D eigenvalue weighted by Gasteiger charge is 2.38. The van der Waals surface area contributed by atoms with Crippen molar-refractivity contribution in [3.63, 3.8) is 0 Å². The Labute approximate surface area is 168 Å². The Morgan fingerprint density at radius 3 is 2.68 bits per heavy atom. The highest BCUT2D eigenvalue weighted by Crippen LogP contribution is 2.28. The molecule has 1 atom stereocenters. The van der Waals surface area contributed by atoms with Crippen molar-refractivity contribution in [2.24, 2.45) is 5.92 Å². The van der Waals surface area contributed by atoms with E-state index in [0.29, 0.717) is 30.9 Å². The molecule has 2 aliphatic rings. The monoisotopic (exact) mass is 401 g/mol. The summed E-state index contributed by atoms with van der Waals surface area (Å²) in [7, 11) is 0. The van der Waals surface area contributed by atoms with Crippen LogP contribution < -0.4 is 4.90 Å². The molecule has 0 N–H and O–H groups in total. The first-order chi connectivity index (χ1) is 13.5. The van der Waals surface area contributed by atoms with E-state index in [2.05, 4.69) is 22.4 Å². The molecule has 0 radical (unpaired) electrons. The molecule has 5 nitrogen and oxygen atoms in total. The van der Waals surface area contributed by atoms with Gasteiger partial charge in [-0.2, -0.15) is 0 Å². The number of carbonyl (C=O) groups excluding carboxylic acids is 2. The lowest BCUT2D eigenvalue weighted by Gasteiger charge is -2.35. The van der Waals surface area contributed by atoms with E-state index >= 15 is 0 Å². The zero-order valence-corrected chi connectivity index (χ0v) is 16.8. The molecule has 0 saturated carbocycles. The van der Waals surface area contributed by atoms with E-state index in [1.165, 1.54) is 15.8 Å². The second-order valence-electron chi connectivity index (χ2n) is 7.52. The van der Waals surface area contributed by atoms with Crippen molar-refractivity contribution in [1.29, 1.82) is 0 Å². The average Bonchev–Trinajstić information content (AvgIpc) is 3.34. The van der Waals surface area contributed by atoms with Gasteiger partial charge < -0.3 is 9.80 Å². The molecule has 2 saturated heterocycles. The minimum Gasteiger partial charge on any atom is -0.340 e. The number of carbonyl (C=O) groups is 2. The van der Waals surface area contributed by atoms with Crippen LogP contribution in [-0.4, -0.2) is 54.3 Å². The summed E-state index contributed by atoms with van der Waals surface area (Å²) >= 11 is 1.75. The fourth-order valence-corrected chi connectivity index (χ4v) is 4.63. The largest absolute Gasteiger partial charge is 0.340 e. The quantitative estimate of drug-likeness (QED) is 0.791. The lowest BCUT2D eigenvalue weighted by atomic mass is 10.1. The van der Waals surface area contributed by atoms with Gasteiger partial charge in [-0.1, -0.05) is 12.1 Å². The summed E-state index contributed by atoms with van der Waals surface area (Å²) in [4.78, 5) is 32.5. The third kappa shape index (κ3) is 3.95. The third-order valence-corrected chi connectivity index (χ3v) is 6.45. The Balaban J connectivity index is 1.34. The molecule has 1 aromatic carbocycles. The van der Waals surface area contributed by atoms with Gasteiger partial charge in [0, 0.05) is 56.3 Å². The number of hydrogen-bond donors (Lipinski definition) is 0. The minimum absolute atomic E-state index is 0.0409. The predicted octanol–water partition coefficient (Wildman–Crippen LogP) is 2.89. The van der Waals surface area contributed by atoms with Crippen molar-refractivity contribution in [3.8, 4) is 0 Å². The number of rotatable bonds is 4. The number of amides is 2. The van der Waals surface area contributed by atoms with Crippen molar-refractivity contribution in [2.75, 3.05) is 37.6 Å². The van der Waals surface area contributed by atoms with Crippen LogP contribution in [-0.2, 0) is 16.1 Å². The number of aryl methyl sites for hydroxylation is 1. The van der Waals surface area contributed by atoms with Crippen molar-refractivity contribution in [1.82, 2.24) is 9.80 Å². The normalized spacial score (nSPS) is 20.8. The van der Waals surface area contributed by atoms with Gasteiger partial charge in [0.2, 0.25) is 11.8 Å². The van der Waals surface area contributed by atoms with E-state index in [9.17, 15) is 14.0 Å². The number of anilines is 1. The lowest BCUT2D eigenvalue weighted by molar-refractivity contribution is -0.137. The predicted molar refractivity (Wildman–Crippen MR) is 108 cm³/mol. The first kappa shape index (κ1) is 19.1. The van der Waals surface area contributed by atoms with Crippen molar-refractivity contribution < 1.29 is 14.0 Å². The van der Waals surface area contributed by atoms with E-state index in [1.807, 2.05) is 4.90 Å². The molecule has 2 aromatic rings. The summed E-state index contributed by atoms with van der Waals surface area (Å²) in [5.74, 6) is -0.750. The molecule has 2 aliphatic heterocycles. The first-order valence-electron chi connectivity index (χ1n) is 9.61. The summed E-state index contributed by atoms with van der Waals surface area (Å²) in [6.45, 7) is 6.01. The minimum atomic E-state index is -0.347. The van der Waals surface area contributed by atoms with Gasteiger partial charge in [0.1, 0.15) is 5.82 Å². The molecule has 4 rings (SSSR count). The molecule has 2 fully saturated rings. The number of thiophene rings is 1. The molecule has 7 heteroatoms. The fourth-order valence-electron chi connectivity index (χ4n) is 3.88. The number of benzene rings is 1. The number of nitrogens with zero attached hydrogens (tertiary/aromatic N) is 3. The number of piperazine rings is 1. The highest BCUT2D eigenvalue weighted by atomic mass is 32.1. The van der Waals surface area contributed by atoms with Gasteiger partial charge in [-0.15, -0.1) is 11.3 Å². The van der Waals surface area contributed by atoms with Crippen LogP contribution in [0.5, 0.6) is 0 Å². The van der Waals surface area contributed by atoms with Gasteiger partial charge in [-0.05, 0) is 36.1 Å². The Hall–Kier alpha value is -2.25. The summed E-state index contributed by atoms with van der Waals surface area (Å²) in [5, 5.41) is 2.08. The topological polar surface area (TPSA) is 43.9 Å². The van der Waals surface area contributed by atoms with E-state index in [-0.39, 0.29) is 30.0 Å². The Kier molecular flexibility index (Phi) is 5.46. The Morgan fingerprint density at radius 2 is 2.00 bits per heavy atom. The van der Waals surface area contributed by atoms with E-state index in [4.69, 9.17) is 0 Å². The maximum Gasteiger partial charge on any atom is 0.228 e. The second-order valence-corrected chi connectivity index (χ2v) is 8.55. The van der Waals surface area contributed by atoms with Crippen LogP contribution in [0.25, 0.3) is 0 Å². The molecular formula is C21H24FN3O2S. The van der Waals surface area contributed by atoms with Crippen LogP contribution in [0.3, 0.4) is 0 Å². The molecular weight excluding hydrogens is 377 g/mol. The van der Waals surface area contributed by atoms with Crippen LogP contribution in [0, 0.1) is 18.7 Å². The molecule has 0 bridgehead atoms. The number of hydrogen-bond acceptors (Lipinski definition) is 4. The molecule has 0 aliphatic carbocycles. The molecule has 3 heterocycles. The fraction of sp³-hybridized carbons (Fsp3) is 0.429. The zero-order valence-electron chi connectivity index (χ0n) is 15.9. The van der Waals surface area contributed by atoms with E-state index in [0.717, 1.165) is 19.6 Å². The Bertz CT molecular complexity index is 863. The summed E-state index contributed by atoms with van der Waals surface area (Å²) in [6, 6.07) is 8.98. The maximum absolute atomic E-state index is 13.9. The van der Waals surface area contributed by atoms with Gasteiger partial charge in [0.05, 0.1) is 5.92 Å². The van der Waals surface area contributed by atoms with Gasteiger partial charge in [-0.3, -0.25) is 14.5 Å². The molecule has 2 amide bonds. The van der Waals surface area contributed by atoms with Crippen LogP contribution in [0.15, 0.2) is 35.7 Å². The van der Waals surface area contributed by atoms with Crippen LogP contribution >= 0.6 is 11.3 Å². The van der Waals surface area contributed by atoms with Gasteiger partial charge in [-0.25, -0.2) is 4.39 Å². The maximum atomic E-state index is 13.9. The zero-order chi connectivity index (χ0) is 19.7. The second kappa shape index (κ2) is 8.01. The molecule has 0 spiro atoms. The lowest BCUT2D eigenvalue weighted by Crippen LogP contribution is -2.50. The SMILES string of the molecule is Cc1ccc(N2CC(C(=O)N3CCN(Cc4cccs4)CC3)CC2=O)cc1F. The van der Waals surface area contributed by atoms with Crippen LogP contribution in [0.1, 0.15) is 16.9 Å². The first-order valence-corrected chi connectivity index (χ1v) is 10.5. The number of halogens is 1. The summed E-state index contributed by atoms with van der Waals surface area (Å²) in [6.07, 6.45) is 0.198.